The van der Waals surface area contributed by atoms with Crippen molar-refractivity contribution in [1.82, 2.24) is 0 Å². The molecule has 3 aromatic rings. The first-order valence-corrected chi connectivity index (χ1v) is 11.2. The van der Waals surface area contributed by atoms with E-state index in [4.69, 9.17) is 46.4 Å². The highest BCUT2D eigenvalue weighted by Crippen LogP contribution is 2.41. The lowest BCUT2D eigenvalue weighted by molar-refractivity contribution is -0.137. The Balaban J connectivity index is 1.73. The highest BCUT2D eigenvalue weighted by atomic mass is 35.5. The van der Waals surface area contributed by atoms with Crippen LogP contribution in [0.5, 0.6) is 0 Å². The zero-order valence-corrected chi connectivity index (χ0v) is 19.8. The molecule has 1 heterocycles. The van der Waals surface area contributed by atoms with Crippen LogP contribution < -0.4 is 5.01 Å². The molecule has 0 fully saturated rings. The lowest BCUT2D eigenvalue weighted by Crippen LogP contribution is -2.19. The van der Waals surface area contributed by atoms with Crippen molar-refractivity contribution in [1.29, 1.82) is 0 Å². The standard InChI is InChI=1S/C24H15Cl4F3N2/c25-16-6-4-14(21(27)11-16)5-8-18-13-23(20-9-7-17(26)12-22(20)28)33(32-18)19-3-1-2-15(10-19)24(29,30)31/h1-12,23H,13H2. The quantitative estimate of drug-likeness (QED) is 0.328. The first kappa shape index (κ1) is 24.0. The molecule has 0 N–H and O–H groups in total. The molecule has 1 unspecified atom stereocenters. The molecule has 0 aliphatic carbocycles. The van der Waals surface area contributed by atoms with Gasteiger partial charge in [-0.3, -0.25) is 5.01 Å². The van der Waals surface area contributed by atoms with E-state index in [1.54, 1.807) is 59.6 Å². The summed E-state index contributed by atoms with van der Waals surface area (Å²) in [5.74, 6) is 0. The van der Waals surface area contributed by atoms with Crippen molar-refractivity contribution in [2.45, 2.75) is 18.6 Å². The Hall–Kier alpha value is -2.18. The van der Waals surface area contributed by atoms with Crippen LogP contribution in [0.4, 0.5) is 18.9 Å². The monoisotopic (exact) mass is 528 g/mol. The number of hydrogen-bond donors (Lipinski definition) is 0. The third-order valence-corrected chi connectivity index (χ3v) is 6.24. The number of alkyl halides is 3. The normalized spacial score (nSPS) is 16.5. The number of nitrogens with zero attached hydrogens (tertiary/aromatic N) is 2. The largest absolute Gasteiger partial charge is 0.416 e. The van der Waals surface area contributed by atoms with Crippen LogP contribution in [0.25, 0.3) is 6.08 Å². The number of rotatable bonds is 4. The summed E-state index contributed by atoms with van der Waals surface area (Å²) in [6.45, 7) is 0. The van der Waals surface area contributed by atoms with E-state index in [2.05, 4.69) is 5.10 Å². The van der Waals surface area contributed by atoms with E-state index in [-0.39, 0.29) is 0 Å². The summed E-state index contributed by atoms with van der Waals surface area (Å²) in [5, 5.41) is 8.01. The van der Waals surface area contributed by atoms with Gasteiger partial charge >= 0.3 is 6.18 Å². The molecule has 0 bridgehead atoms. The van der Waals surface area contributed by atoms with Crippen LogP contribution in [0.2, 0.25) is 20.1 Å². The van der Waals surface area contributed by atoms with Gasteiger partial charge in [0.25, 0.3) is 0 Å². The molecule has 0 amide bonds. The van der Waals surface area contributed by atoms with Gasteiger partial charge in [-0.2, -0.15) is 18.3 Å². The summed E-state index contributed by atoms with van der Waals surface area (Å²) in [6, 6.07) is 14.8. The zero-order chi connectivity index (χ0) is 23.8. The molecule has 1 aliphatic heterocycles. The SMILES string of the molecule is FC(F)(F)c1cccc(N2N=C(C=Cc3ccc(Cl)cc3Cl)CC2c2ccc(Cl)cc2Cl)c1. The minimum absolute atomic E-state index is 0.300. The summed E-state index contributed by atoms with van der Waals surface area (Å²) in [5.41, 5.74) is 1.63. The molecular formula is C24H15Cl4F3N2. The third kappa shape index (κ3) is 5.49. The average Bonchev–Trinajstić information content (AvgIpc) is 3.16. The van der Waals surface area contributed by atoms with E-state index in [1.807, 2.05) is 0 Å². The molecular weight excluding hydrogens is 515 g/mol. The van der Waals surface area contributed by atoms with Crippen LogP contribution in [-0.4, -0.2) is 5.71 Å². The molecule has 33 heavy (non-hydrogen) atoms. The first-order valence-electron chi connectivity index (χ1n) is 9.74. The van der Waals surface area contributed by atoms with Crippen LogP contribution in [0.15, 0.2) is 71.8 Å². The fourth-order valence-electron chi connectivity index (χ4n) is 3.53. The molecule has 0 aromatic heterocycles. The molecule has 3 aromatic carbocycles. The van der Waals surface area contributed by atoms with Gasteiger partial charge < -0.3 is 0 Å². The predicted octanol–water partition coefficient (Wildman–Crippen LogP) is 9.34. The van der Waals surface area contributed by atoms with Crippen molar-refractivity contribution in [3.05, 3.63) is 104 Å². The number of halogens is 7. The van der Waals surface area contributed by atoms with E-state index in [9.17, 15) is 13.2 Å². The van der Waals surface area contributed by atoms with Crippen LogP contribution >= 0.6 is 46.4 Å². The smallest absolute Gasteiger partial charge is 0.257 e. The topological polar surface area (TPSA) is 15.6 Å². The van der Waals surface area contributed by atoms with Crippen molar-refractivity contribution in [2.24, 2.45) is 5.10 Å². The number of allylic oxidation sites excluding steroid dienone is 1. The van der Waals surface area contributed by atoms with Gasteiger partial charge in [-0.15, -0.1) is 0 Å². The lowest BCUT2D eigenvalue weighted by atomic mass is 10.0. The highest BCUT2D eigenvalue weighted by molar-refractivity contribution is 6.36. The second-order valence-electron chi connectivity index (χ2n) is 7.37. The zero-order valence-electron chi connectivity index (χ0n) is 16.8. The molecule has 0 saturated carbocycles. The van der Waals surface area contributed by atoms with Crippen molar-refractivity contribution < 1.29 is 13.2 Å². The van der Waals surface area contributed by atoms with Crippen LogP contribution in [0.1, 0.15) is 29.2 Å². The predicted molar refractivity (Wildman–Crippen MR) is 131 cm³/mol. The van der Waals surface area contributed by atoms with Gasteiger partial charge in [-0.25, -0.2) is 0 Å². The van der Waals surface area contributed by atoms with Crippen molar-refractivity contribution in [2.75, 3.05) is 5.01 Å². The minimum atomic E-state index is -4.47. The Morgan fingerprint density at radius 3 is 2.21 bits per heavy atom. The maximum Gasteiger partial charge on any atom is 0.416 e. The van der Waals surface area contributed by atoms with Gasteiger partial charge in [0.1, 0.15) is 0 Å². The first-order chi connectivity index (χ1) is 15.6. The Morgan fingerprint density at radius 2 is 1.55 bits per heavy atom. The molecule has 170 valence electrons. The van der Waals surface area contributed by atoms with Crippen LogP contribution in [0.3, 0.4) is 0 Å². The van der Waals surface area contributed by atoms with Gasteiger partial charge in [0.2, 0.25) is 0 Å². The summed E-state index contributed by atoms with van der Waals surface area (Å²) in [6.07, 6.45) is -0.493. The van der Waals surface area contributed by atoms with Gasteiger partial charge in [-0.05, 0) is 59.7 Å². The number of anilines is 1. The maximum atomic E-state index is 13.3. The third-order valence-electron chi connectivity index (χ3n) is 5.11. The van der Waals surface area contributed by atoms with Gasteiger partial charge in [0, 0.05) is 26.5 Å². The molecule has 0 radical (unpaired) electrons. The summed E-state index contributed by atoms with van der Waals surface area (Å²) in [4.78, 5) is 0. The molecule has 1 aliphatic rings. The second kappa shape index (κ2) is 9.59. The molecule has 9 heteroatoms. The van der Waals surface area contributed by atoms with Crippen molar-refractivity contribution in [3.8, 4) is 0 Å². The summed E-state index contributed by atoms with van der Waals surface area (Å²) < 4.78 is 39.9. The fraction of sp³-hybridized carbons (Fsp3) is 0.125. The molecule has 1 atom stereocenters. The summed E-state index contributed by atoms with van der Waals surface area (Å²) in [7, 11) is 0. The Bertz CT molecular complexity index is 1250. The fourth-order valence-corrected chi connectivity index (χ4v) is 4.54. The van der Waals surface area contributed by atoms with Gasteiger partial charge in [0.05, 0.1) is 23.0 Å². The number of hydrazone groups is 1. The number of benzene rings is 3. The average molecular weight is 530 g/mol. The van der Waals surface area contributed by atoms with E-state index >= 15 is 0 Å². The molecule has 0 spiro atoms. The van der Waals surface area contributed by atoms with E-state index < -0.39 is 17.8 Å². The van der Waals surface area contributed by atoms with Crippen LogP contribution in [-0.2, 0) is 6.18 Å². The van der Waals surface area contributed by atoms with E-state index in [1.165, 1.54) is 6.07 Å². The minimum Gasteiger partial charge on any atom is -0.257 e. The highest BCUT2D eigenvalue weighted by Gasteiger charge is 2.34. The lowest BCUT2D eigenvalue weighted by Gasteiger charge is -2.25. The number of hydrogen-bond acceptors (Lipinski definition) is 2. The van der Waals surface area contributed by atoms with E-state index in [0.717, 1.165) is 17.7 Å². The molecule has 0 saturated heterocycles. The van der Waals surface area contributed by atoms with Gasteiger partial charge in [0.15, 0.2) is 0 Å². The Morgan fingerprint density at radius 1 is 0.848 bits per heavy atom. The van der Waals surface area contributed by atoms with E-state index in [0.29, 0.717) is 43.5 Å². The van der Waals surface area contributed by atoms with Crippen LogP contribution in [0, 0.1) is 0 Å². The van der Waals surface area contributed by atoms with Gasteiger partial charge in [-0.1, -0.05) is 70.7 Å². The van der Waals surface area contributed by atoms with Crippen molar-refractivity contribution >= 4 is 63.9 Å². The summed E-state index contributed by atoms with van der Waals surface area (Å²) >= 11 is 24.7. The Kier molecular flexibility index (Phi) is 6.96. The Labute approximate surface area is 208 Å². The van der Waals surface area contributed by atoms with Crippen molar-refractivity contribution in [3.63, 3.8) is 0 Å². The second-order valence-corrected chi connectivity index (χ2v) is 9.06. The molecule has 4 rings (SSSR count). The maximum absolute atomic E-state index is 13.3. The molecule has 2 nitrogen and oxygen atoms in total.